The third-order valence-corrected chi connectivity index (χ3v) is 5.00. The van der Waals surface area contributed by atoms with Crippen molar-refractivity contribution in [3.8, 4) is 0 Å². The molecule has 1 aromatic rings. The van der Waals surface area contributed by atoms with E-state index in [4.69, 9.17) is 5.73 Å². The van der Waals surface area contributed by atoms with Gasteiger partial charge in [0.1, 0.15) is 0 Å². The zero-order valence-electron chi connectivity index (χ0n) is 13.0. The number of carbonyl (C=O) groups is 1. The standard InChI is InChI=1S/C17H25N3O/c1-19(2)17(21)13-7-8-14(18)16(11-13)20-10-9-12-5-3-4-6-15(12)20/h7-8,11-12,15H,3-6,9-10,18H2,1-2H3. The van der Waals surface area contributed by atoms with Gasteiger partial charge in [0.2, 0.25) is 0 Å². The van der Waals surface area contributed by atoms with Crippen molar-refractivity contribution in [3.05, 3.63) is 23.8 Å². The van der Waals surface area contributed by atoms with Gasteiger partial charge in [0, 0.05) is 32.2 Å². The largest absolute Gasteiger partial charge is 0.397 e. The number of nitrogens with zero attached hydrogens (tertiary/aromatic N) is 2. The molecule has 1 aliphatic heterocycles. The second-order valence-corrected chi connectivity index (χ2v) is 6.57. The van der Waals surface area contributed by atoms with Gasteiger partial charge in [-0.2, -0.15) is 0 Å². The molecule has 114 valence electrons. The Bertz CT molecular complexity index is 541. The van der Waals surface area contributed by atoms with Crippen molar-refractivity contribution >= 4 is 17.3 Å². The van der Waals surface area contributed by atoms with E-state index in [1.54, 1.807) is 19.0 Å². The lowest BCUT2D eigenvalue weighted by atomic mass is 9.85. The van der Waals surface area contributed by atoms with Crippen molar-refractivity contribution in [2.45, 2.75) is 38.1 Å². The van der Waals surface area contributed by atoms with Crippen LogP contribution in [0.3, 0.4) is 0 Å². The van der Waals surface area contributed by atoms with E-state index in [0.29, 0.717) is 6.04 Å². The van der Waals surface area contributed by atoms with Gasteiger partial charge in [0.15, 0.2) is 0 Å². The first-order chi connectivity index (χ1) is 10.1. The van der Waals surface area contributed by atoms with Gasteiger partial charge in [-0.05, 0) is 43.4 Å². The molecule has 0 bridgehead atoms. The minimum absolute atomic E-state index is 0.0376. The maximum atomic E-state index is 12.2. The molecule has 1 saturated heterocycles. The SMILES string of the molecule is CN(C)C(=O)c1ccc(N)c(N2CCC3CCCCC32)c1. The molecule has 2 atom stereocenters. The summed E-state index contributed by atoms with van der Waals surface area (Å²) in [6.07, 6.45) is 6.54. The van der Waals surface area contributed by atoms with E-state index in [2.05, 4.69) is 4.90 Å². The average Bonchev–Trinajstić information content (AvgIpc) is 2.91. The van der Waals surface area contributed by atoms with Gasteiger partial charge >= 0.3 is 0 Å². The first-order valence-electron chi connectivity index (χ1n) is 7.95. The molecule has 1 saturated carbocycles. The van der Waals surface area contributed by atoms with Crippen LogP contribution in [0.15, 0.2) is 18.2 Å². The molecule has 1 amide bonds. The number of hydrogen-bond donors (Lipinski definition) is 1. The summed E-state index contributed by atoms with van der Waals surface area (Å²) in [6, 6.07) is 6.30. The van der Waals surface area contributed by atoms with Gasteiger partial charge in [0.25, 0.3) is 5.91 Å². The molecule has 2 unspecified atom stereocenters. The molecule has 0 aromatic heterocycles. The van der Waals surface area contributed by atoms with Crippen molar-refractivity contribution in [3.63, 3.8) is 0 Å². The number of hydrogen-bond acceptors (Lipinski definition) is 3. The van der Waals surface area contributed by atoms with E-state index >= 15 is 0 Å². The summed E-state index contributed by atoms with van der Waals surface area (Å²) >= 11 is 0. The van der Waals surface area contributed by atoms with E-state index in [1.165, 1.54) is 32.1 Å². The summed E-state index contributed by atoms with van der Waals surface area (Å²) in [5.74, 6) is 0.849. The number of fused-ring (bicyclic) bond motifs is 1. The molecule has 4 nitrogen and oxygen atoms in total. The van der Waals surface area contributed by atoms with Crippen molar-refractivity contribution < 1.29 is 4.79 Å². The third kappa shape index (κ3) is 2.59. The van der Waals surface area contributed by atoms with Crippen LogP contribution >= 0.6 is 0 Å². The van der Waals surface area contributed by atoms with Crippen LogP contribution in [0, 0.1) is 5.92 Å². The predicted molar refractivity (Wildman–Crippen MR) is 86.6 cm³/mol. The Kier molecular flexibility index (Phi) is 3.79. The Morgan fingerprint density at radius 2 is 2.00 bits per heavy atom. The number of anilines is 2. The van der Waals surface area contributed by atoms with Crippen LogP contribution in [0.5, 0.6) is 0 Å². The molecule has 0 spiro atoms. The lowest BCUT2D eigenvalue weighted by molar-refractivity contribution is 0.0827. The highest BCUT2D eigenvalue weighted by Crippen LogP contribution is 2.40. The Hall–Kier alpha value is -1.71. The van der Waals surface area contributed by atoms with Gasteiger partial charge in [-0.15, -0.1) is 0 Å². The van der Waals surface area contributed by atoms with E-state index < -0.39 is 0 Å². The Labute approximate surface area is 126 Å². The van der Waals surface area contributed by atoms with Crippen molar-refractivity contribution in [2.24, 2.45) is 5.92 Å². The minimum atomic E-state index is 0.0376. The monoisotopic (exact) mass is 287 g/mol. The molecule has 2 fully saturated rings. The topological polar surface area (TPSA) is 49.6 Å². The van der Waals surface area contributed by atoms with Gasteiger partial charge in [-0.1, -0.05) is 12.8 Å². The van der Waals surface area contributed by atoms with Crippen LogP contribution in [0.1, 0.15) is 42.5 Å². The zero-order chi connectivity index (χ0) is 15.0. The fourth-order valence-electron chi connectivity index (χ4n) is 3.89. The fourth-order valence-corrected chi connectivity index (χ4v) is 3.89. The molecular formula is C17H25N3O. The number of benzene rings is 1. The Morgan fingerprint density at radius 1 is 1.24 bits per heavy atom. The number of nitrogens with two attached hydrogens (primary N) is 1. The van der Waals surface area contributed by atoms with Gasteiger partial charge in [-0.3, -0.25) is 4.79 Å². The minimum Gasteiger partial charge on any atom is -0.397 e. The van der Waals surface area contributed by atoms with Crippen LogP contribution in [0.25, 0.3) is 0 Å². The van der Waals surface area contributed by atoms with Crippen LogP contribution in [-0.2, 0) is 0 Å². The van der Waals surface area contributed by atoms with Crippen molar-refractivity contribution in [2.75, 3.05) is 31.3 Å². The molecule has 4 heteroatoms. The van der Waals surface area contributed by atoms with Gasteiger partial charge < -0.3 is 15.5 Å². The Morgan fingerprint density at radius 3 is 2.76 bits per heavy atom. The van der Waals surface area contributed by atoms with Gasteiger partial charge in [0.05, 0.1) is 11.4 Å². The van der Waals surface area contributed by atoms with Crippen LogP contribution in [-0.4, -0.2) is 37.5 Å². The summed E-state index contributed by atoms with van der Waals surface area (Å²) in [7, 11) is 3.57. The maximum Gasteiger partial charge on any atom is 0.253 e. The number of amides is 1. The zero-order valence-corrected chi connectivity index (χ0v) is 13.0. The first-order valence-corrected chi connectivity index (χ1v) is 7.95. The second kappa shape index (κ2) is 5.58. The summed E-state index contributed by atoms with van der Waals surface area (Å²) in [5, 5.41) is 0. The fraction of sp³-hybridized carbons (Fsp3) is 0.588. The summed E-state index contributed by atoms with van der Waals surface area (Å²) in [5.41, 5.74) is 8.77. The van der Waals surface area contributed by atoms with E-state index in [9.17, 15) is 4.79 Å². The molecule has 1 aromatic carbocycles. The van der Waals surface area contributed by atoms with Crippen LogP contribution in [0.4, 0.5) is 11.4 Å². The van der Waals surface area contributed by atoms with E-state index in [1.807, 2.05) is 18.2 Å². The predicted octanol–water partition coefficient (Wildman–Crippen LogP) is 2.74. The first kappa shape index (κ1) is 14.2. The Balaban J connectivity index is 1.91. The summed E-state index contributed by atoms with van der Waals surface area (Å²) in [4.78, 5) is 16.2. The number of nitrogen functional groups attached to an aromatic ring is 1. The third-order valence-electron chi connectivity index (χ3n) is 5.00. The second-order valence-electron chi connectivity index (χ2n) is 6.57. The number of rotatable bonds is 2. The van der Waals surface area contributed by atoms with E-state index in [-0.39, 0.29) is 5.91 Å². The lowest BCUT2D eigenvalue weighted by Gasteiger charge is -2.34. The van der Waals surface area contributed by atoms with Crippen LogP contribution < -0.4 is 10.6 Å². The quantitative estimate of drug-likeness (QED) is 0.851. The molecule has 2 N–H and O–H groups in total. The molecule has 0 radical (unpaired) electrons. The normalized spacial score (nSPS) is 24.8. The highest BCUT2D eigenvalue weighted by atomic mass is 16.2. The maximum absolute atomic E-state index is 12.2. The average molecular weight is 287 g/mol. The summed E-state index contributed by atoms with van der Waals surface area (Å²) < 4.78 is 0. The summed E-state index contributed by atoms with van der Waals surface area (Å²) in [6.45, 7) is 1.07. The molecule has 1 heterocycles. The van der Waals surface area contributed by atoms with Crippen molar-refractivity contribution in [1.82, 2.24) is 4.90 Å². The lowest BCUT2D eigenvalue weighted by Crippen LogP contribution is -2.35. The number of carbonyl (C=O) groups excluding carboxylic acids is 1. The molecule has 2 aliphatic rings. The van der Waals surface area contributed by atoms with Crippen molar-refractivity contribution in [1.29, 1.82) is 0 Å². The molecule has 1 aliphatic carbocycles. The smallest absolute Gasteiger partial charge is 0.253 e. The van der Waals surface area contributed by atoms with Gasteiger partial charge in [-0.25, -0.2) is 0 Å². The molecule has 3 rings (SSSR count). The molecular weight excluding hydrogens is 262 g/mol. The highest BCUT2D eigenvalue weighted by molar-refractivity contribution is 5.96. The van der Waals surface area contributed by atoms with E-state index in [0.717, 1.165) is 29.4 Å². The van der Waals surface area contributed by atoms with Crippen LogP contribution in [0.2, 0.25) is 0 Å². The highest BCUT2D eigenvalue weighted by Gasteiger charge is 2.36. The molecule has 21 heavy (non-hydrogen) atoms.